The maximum Gasteiger partial charge on any atom is 0.258 e. The molecule has 5 heteroatoms. The lowest BCUT2D eigenvalue weighted by Gasteiger charge is -2.01. The van der Waals surface area contributed by atoms with E-state index >= 15 is 0 Å². The van der Waals surface area contributed by atoms with Crippen molar-refractivity contribution in [2.45, 2.75) is 6.92 Å². The second-order valence-corrected chi connectivity index (χ2v) is 3.07. The maximum atomic E-state index is 9.20. The van der Waals surface area contributed by atoms with E-state index in [2.05, 4.69) is 15.0 Å². The summed E-state index contributed by atoms with van der Waals surface area (Å²) in [4.78, 5) is 11.8. The smallest absolute Gasteiger partial charge is 0.258 e. The molecule has 0 spiro atoms. The Kier molecular flexibility index (Phi) is 2.21. The minimum Gasteiger partial charge on any atom is -0.502 e. The summed E-state index contributed by atoms with van der Waals surface area (Å²) in [5.74, 6) is -0.497. The summed E-state index contributed by atoms with van der Waals surface area (Å²) < 4.78 is 0. The van der Waals surface area contributed by atoms with E-state index in [4.69, 9.17) is 5.11 Å². The lowest BCUT2D eigenvalue weighted by Crippen LogP contribution is -1.92. The lowest BCUT2D eigenvalue weighted by atomic mass is 10.3. The van der Waals surface area contributed by atoms with Crippen molar-refractivity contribution in [3.8, 4) is 23.1 Å². The minimum absolute atomic E-state index is 0.286. The number of rotatable bonds is 1. The molecule has 2 N–H and O–H groups in total. The van der Waals surface area contributed by atoms with Crippen molar-refractivity contribution in [3.05, 3.63) is 30.1 Å². The van der Waals surface area contributed by atoms with Gasteiger partial charge in [0.25, 0.3) is 5.88 Å². The maximum absolute atomic E-state index is 9.20. The number of hydrogen-bond donors (Lipinski definition) is 2. The zero-order valence-electron chi connectivity index (χ0n) is 8.05. The van der Waals surface area contributed by atoms with Crippen molar-refractivity contribution in [1.82, 2.24) is 15.0 Å². The quantitative estimate of drug-likeness (QED) is 0.729. The Morgan fingerprint density at radius 2 is 1.93 bits per heavy atom. The molecule has 0 aliphatic rings. The van der Waals surface area contributed by atoms with Crippen LogP contribution in [-0.4, -0.2) is 25.2 Å². The Morgan fingerprint density at radius 3 is 2.60 bits per heavy atom. The summed E-state index contributed by atoms with van der Waals surface area (Å²) >= 11 is 0. The first-order chi connectivity index (χ1) is 7.16. The highest BCUT2D eigenvalue weighted by Crippen LogP contribution is 2.22. The molecule has 0 aliphatic heterocycles. The third kappa shape index (κ3) is 1.85. The Bertz CT molecular complexity index is 500. The zero-order chi connectivity index (χ0) is 10.8. The fourth-order valence-electron chi connectivity index (χ4n) is 1.16. The van der Waals surface area contributed by atoms with Crippen LogP contribution in [0.1, 0.15) is 5.69 Å². The SMILES string of the molecule is Cc1cccc(-c2ncc(O)c(O)n2)n1. The Balaban J connectivity index is 2.50. The monoisotopic (exact) mass is 203 g/mol. The van der Waals surface area contributed by atoms with E-state index in [0.717, 1.165) is 11.9 Å². The molecule has 0 aromatic carbocycles. The number of aromatic hydroxyl groups is 2. The molecule has 2 aromatic rings. The Hall–Kier alpha value is -2.17. The van der Waals surface area contributed by atoms with Gasteiger partial charge in [-0.25, -0.2) is 9.97 Å². The van der Waals surface area contributed by atoms with Crippen LogP contribution in [-0.2, 0) is 0 Å². The van der Waals surface area contributed by atoms with E-state index in [-0.39, 0.29) is 11.6 Å². The fourth-order valence-corrected chi connectivity index (χ4v) is 1.16. The van der Waals surface area contributed by atoms with Crippen molar-refractivity contribution < 1.29 is 10.2 Å². The van der Waals surface area contributed by atoms with Crippen LogP contribution in [0.4, 0.5) is 0 Å². The first kappa shape index (κ1) is 9.39. The first-order valence-electron chi connectivity index (χ1n) is 4.36. The molecule has 0 aliphatic carbocycles. The summed E-state index contributed by atoms with van der Waals surface area (Å²) in [6, 6.07) is 5.41. The number of pyridine rings is 1. The standard InChI is InChI=1S/C10H9N3O2/c1-6-3-2-4-7(12-6)9-11-5-8(14)10(15)13-9/h2-5,14H,1H3,(H,11,13,15). The van der Waals surface area contributed by atoms with E-state index in [1.807, 2.05) is 19.1 Å². The van der Waals surface area contributed by atoms with Gasteiger partial charge < -0.3 is 10.2 Å². The molecule has 0 fully saturated rings. The van der Waals surface area contributed by atoms with Crippen LogP contribution in [0.3, 0.4) is 0 Å². The van der Waals surface area contributed by atoms with E-state index in [1.165, 1.54) is 0 Å². The predicted octanol–water partition coefficient (Wildman–Crippen LogP) is 1.26. The second-order valence-electron chi connectivity index (χ2n) is 3.07. The third-order valence-corrected chi connectivity index (χ3v) is 1.87. The molecule has 0 atom stereocenters. The predicted molar refractivity (Wildman–Crippen MR) is 53.3 cm³/mol. The fraction of sp³-hybridized carbons (Fsp3) is 0.100. The van der Waals surface area contributed by atoms with Gasteiger partial charge in [0.15, 0.2) is 11.6 Å². The molecule has 0 amide bonds. The van der Waals surface area contributed by atoms with Gasteiger partial charge in [-0.2, -0.15) is 4.98 Å². The van der Waals surface area contributed by atoms with Crippen LogP contribution < -0.4 is 0 Å². The molecular formula is C10H9N3O2. The molecule has 2 rings (SSSR count). The van der Waals surface area contributed by atoms with E-state index in [1.54, 1.807) is 6.07 Å². The first-order valence-corrected chi connectivity index (χ1v) is 4.36. The van der Waals surface area contributed by atoms with Crippen LogP contribution in [0.25, 0.3) is 11.5 Å². The van der Waals surface area contributed by atoms with Gasteiger partial charge >= 0.3 is 0 Å². The highest BCUT2D eigenvalue weighted by atomic mass is 16.3. The van der Waals surface area contributed by atoms with Gasteiger partial charge in [-0.15, -0.1) is 0 Å². The molecule has 15 heavy (non-hydrogen) atoms. The van der Waals surface area contributed by atoms with Crippen LogP contribution in [0.5, 0.6) is 11.6 Å². The van der Waals surface area contributed by atoms with Crippen molar-refractivity contribution in [2.75, 3.05) is 0 Å². The highest BCUT2D eigenvalue weighted by molar-refractivity contribution is 5.51. The van der Waals surface area contributed by atoms with Gasteiger partial charge in [0.05, 0.1) is 6.20 Å². The van der Waals surface area contributed by atoms with E-state index < -0.39 is 5.88 Å². The highest BCUT2D eigenvalue weighted by Gasteiger charge is 2.07. The summed E-state index contributed by atoms with van der Waals surface area (Å²) in [6.07, 6.45) is 1.14. The number of aromatic nitrogens is 3. The van der Waals surface area contributed by atoms with Crippen LogP contribution in [0.2, 0.25) is 0 Å². The molecule has 0 unspecified atom stereocenters. The van der Waals surface area contributed by atoms with Crippen molar-refractivity contribution >= 4 is 0 Å². The van der Waals surface area contributed by atoms with Crippen LogP contribution in [0, 0.1) is 6.92 Å². The zero-order valence-corrected chi connectivity index (χ0v) is 8.05. The largest absolute Gasteiger partial charge is 0.502 e. The third-order valence-electron chi connectivity index (χ3n) is 1.87. The van der Waals surface area contributed by atoms with Crippen LogP contribution in [0.15, 0.2) is 24.4 Å². The Morgan fingerprint density at radius 1 is 1.13 bits per heavy atom. The average molecular weight is 203 g/mol. The van der Waals surface area contributed by atoms with Crippen LogP contribution >= 0.6 is 0 Å². The van der Waals surface area contributed by atoms with Gasteiger partial charge in [0.1, 0.15) is 5.69 Å². The number of hydrogen-bond acceptors (Lipinski definition) is 5. The molecule has 0 bridgehead atoms. The molecule has 0 radical (unpaired) electrons. The molecule has 0 saturated heterocycles. The number of nitrogens with zero attached hydrogens (tertiary/aromatic N) is 3. The molecular weight excluding hydrogens is 194 g/mol. The van der Waals surface area contributed by atoms with Crippen molar-refractivity contribution in [3.63, 3.8) is 0 Å². The summed E-state index contributed by atoms with van der Waals surface area (Å²) in [5.41, 5.74) is 1.40. The van der Waals surface area contributed by atoms with Gasteiger partial charge in [-0.1, -0.05) is 6.07 Å². The average Bonchev–Trinajstić information content (AvgIpc) is 2.22. The van der Waals surface area contributed by atoms with Gasteiger partial charge in [-0.05, 0) is 19.1 Å². The summed E-state index contributed by atoms with van der Waals surface area (Å²) in [6.45, 7) is 1.85. The number of aryl methyl sites for hydroxylation is 1. The molecule has 0 saturated carbocycles. The molecule has 76 valence electrons. The van der Waals surface area contributed by atoms with Crippen molar-refractivity contribution in [2.24, 2.45) is 0 Å². The van der Waals surface area contributed by atoms with Gasteiger partial charge in [0, 0.05) is 5.69 Å². The summed E-state index contributed by atoms with van der Waals surface area (Å²) in [5, 5.41) is 18.3. The molecule has 2 aromatic heterocycles. The Labute approximate surface area is 86.1 Å². The minimum atomic E-state index is -0.441. The topological polar surface area (TPSA) is 79.1 Å². The van der Waals surface area contributed by atoms with Crippen molar-refractivity contribution in [1.29, 1.82) is 0 Å². The lowest BCUT2D eigenvalue weighted by molar-refractivity contribution is 0.386. The normalized spacial score (nSPS) is 10.2. The van der Waals surface area contributed by atoms with Gasteiger partial charge in [0.2, 0.25) is 0 Å². The summed E-state index contributed by atoms with van der Waals surface area (Å²) in [7, 11) is 0. The van der Waals surface area contributed by atoms with E-state index in [9.17, 15) is 5.11 Å². The second kappa shape index (κ2) is 3.53. The molecule has 5 nitrogen and oxygen atoms in total. The van der Waals surface area contributed by atoms with E-state index in [0.29, 0.717) is 5.69 Å². The molecule has 2 heterocycles. The van der Waals surface area contributed by atoms with Gasteiger partial charge in [-0.3, -0.25) is 0 Å².